The van der Waals surface area contributed by atoms with Crippen LogP contribution in [0.1, 0.15) is 0 Å². The number of rotatable bonds is 7. The van der Waals surface area contributed by atoms with Crippen molar-refractivity contribution in [2.24, 2.45) is 0 Å². The fourth-order valence-electron chi connectivity index (χ4n) is 7.24. The molecule has 0 radical (unpaired) electrons. The summed E-state index contributed by atoms with van der Waals surface area (Å²) in [5.41, 5.74) is 15.2. The van der Waals surface area contributed by atoms with Crippen molar-refractivity contribution < 1.29 is 0 Å². The molecule has 0 unspecified atom stereocenters. The zero-order valence-electron chi connectivity index (χ0n) is 27.5. The van der Waals surface area contributed by atoms with Crippen molar-refractivity contribution in [2.75, 3.05) is 5.32 Å². The summed E-state index contributed by atoms with van der Waals surface area (Å²) in [5, 5.41) is 6.29. The Hall–Kier alpha value is -6.64. The van der Waals surface area contributed by atoms with Crippen LogP contribution in [0.4, 0.5) is 11.4 Å². The van der Waals surface area contributed by atoms with Crippen LogP contribution in [0.5, 0.6) is 0 Å². The van der Waals surface area contributed by atoms with Gasteiger partial charge in [0.2, 0.25) is 0 Å². The maximum atomic E-state index is 3.81. The molecule has 0 saturated heterocycles. The first-order valence-electron chi connectivity index (χ1n) is 17.1. The Morgan fingerprint density at radius 2 is 0.800 bits per heavy atom. The van der Waals surface area contributed by atoms with Gasteiger partial charge in [-0.1, -0.05) is 158 Å². The third kappa shape index (κ3) is 5.34. The van der Waals surface area contributed by atoms with Crippen LogP contribution in [0.3, 0.4) is 0 Å². The lowest BCUT2D eigenvalue weighted by molar-refractivity contribution is 1.18. The van der Waals surface area contributed by atoms with E-state index in [0.717, 1.165) is 16.9 Å². The van der Waals surface area contributed by atoms with E-state index in [1.165, 1.54) is 66.4 Å². The summed E-state index contributed by atoms with van der Waals surface area (Å²) in [7, 11) is 0. The van der Waals surface area contributed by atoms with Crippen LogP contribution >= 0.6 is 0 Å². The number of para-hydroxylation sites is 3. The highest BCUT2D eigenvalue weighted by atomic mass is 15.0. The molecule has 236 valence electrons. The lowest BCUT2D eigenvalue weighted by Crippen LogP contribution is -1.97. The first-order valence-corrected chi connectivity index (χ1v) is 17.1. The SMILES string of the molecule is c1ccc(-c2ccccc2Nc2ccc(-c3ccc4c(c3)c3ccccc3n4-c3ccccc3-c3ccccc3)cc2-c2ccccc2)cc1. The van der Waals surface area contributed by atoms with Crippen LogP contribution in [-0.4, -0.2) is 4.57 Å². The van der Waals surface area contributed by atoms with E-state index in [1.54, 1.807) is 0 Å². The van der Waals surface area contributed by atoms with Crippen molar-refractivity contribution in [3.8, 4) is 50.2 Å². The molecule has 0 aliphatic heterocycles. The predicted octanol–water partition coefficient (Wildman–Crippen LogP) is 13.2. The number of aromatic nitrogens is 1. The normalized spacial score (nSPS) is 11.2. The molecule has 8 aromatic carbocycles. The number of benzene rings is 8. The van der Waals surface area contributed by atoms with Gasteiger partial charge in [-0.3, -0.25) is 0 Å². The van der Waals surface area contributed by atoms with Gasteiger partial charge in [0.1, 0.15) is 0 Å². The number of fused-ring (bicyclic) bond motifs is 3. The lowest BCUT2D eigenvalue weighted by Gasteiger charge is -2.17. The highest BCUT2D eigenvalue weighted by Crippen LogP contribution is 2.40. The summed E-state index contributed by atoms with van der Waals surface area (Å²) < 4.78 is 2.42. The molecular formula is C48H34N2. The van der Waals surface area contributed by atoms with Gasteiger partial charge in [0.15, 0.2) is 0 Å². The second kappa shape index (κ2) is 12.8. The molecule has 9 aromatic rings. The Labute approximate surface area is 292 Å². The molecular weight excluding hydrogens is 605 g/mol. The fourth-order valence-corrected chi connectivity index (χ4v) is 7.24. The van der Waals surface area contributed by atoms with E-state index in [4.69, 9.17) is 0 Å². The van der Waals surface area contributed by atoms with Crippen molar-refractivity contribution in [1.82, 2.24) is 4.57 Å². The molecule has 0 aliphatic rings. The molecule has 0 aliphatic carbocycles. The molecule has 1 N–H and O–H groups in total. The lowest BCUT2D eigenvalue weighted by atomic mass is 9.96. The Bertz CT molecular complexity index is 2600. The van der Waals surface area contributed by atoms with Gasteiger partial charge >= 0.3 is 0 Å². The first-order chi connectivity index (χ1) is 24.8. The second-order valence-corrected chi connectivity index (χ2v) is 12.6. The number of hydrogen-bond acceptors (Lipinski definition) is 1. The Balaban J connectivity index is 1.18. The summed E-state index contributed by atoms with van der Waals surface area (Å²) >= 11 is 0. The van der Waals surface area contributed by atoms with Crippen molar-refractivity contribution in [3.05, 3.63) is 200 Å². The minimum absolute atomic E-state index is 1.07. The van der Waals surface area contributed by atoms with Crippen molar-refractivity contribution in [1.29, 1.82) is 0 Å². The van der Waals surface area contributed by atoms with Crippen LogP contribution in [0.2, 0.25) is 0 Å². The van der Waals surface area contributed by atoms with Crippen LogP contribution in [0, 0.1) is 0 Å². The third-order valence-corrected chi connectivity index (χ3v) is 9.62. The first kappa shape index (κ1) is 29.5. The van der Waals surface area contributed by atoms with Gasteiger partial charge in [-0.15, -0.1) is 0 Å². The van der Waals surface area contributed by atoms with Crippen LogP contribution < -0.4 is 5.32 Å². The minimum Gasteiger partial charge on any atom is -0.355 e. The average Bonchev–Trinajstić information content (AvgIpc) is 3.53. The molecule has 0 saturated carbocycles. The molecule has 1 aromatic heterocycles. The van der Waals surface area contributed by atoms with Gasteiger partial charge in [0.25, 0.3) is 0 Å². The van der Waals surface area contributed by atoms with Crippen LogP contribution in [-0.2, 0) is 0 Å². The number of nitrogens with one attached hydrogen (secondary N) is 1. The molecule has 0 spiro atoms. The molecule has 2 heteroatoms. The van der Waals surface area contributed by atoms with Crippen molar-refractivity contribution in [2.45, 2.75) is 0 Å². The second-order valence-electron chi connectivity index (χ2n) is 12.6. The zero-order chi connectivity index (χ0) is 33.3. The van der Waals surface area contributed by atoms with Crippen molar-refractivity contribution >= 4 is 33.2 Å². The summed E-state index contributed by atoms with van der Waals surface area (Å²) in [5.74, 6) is 0. The molecule has 1 heterocycles. The zero-order valence-corrected chi connectivity index (χ0v) is 27.5. The molecule has 50 heavy (non-hydrogen) atoms. The molecule has 2 nitrogen and oxygen atoms in total. The van der Waals surface area contributed by atoms with E-state index in [0.29, 0.717) is 0 Å². The van der Waals surface area contributed by atoms with Crippen LogP contribution in [0.15, 0.2) is 200 Å². The smallest absolute Gasteiger partial charge is 0.0541 e. The van der Waals surface area contributed by atoms with E-state index in [2.05, 4.69) is 210 Å². The fraction of sp³-hybridized carbons (Fsp3) is 0. The summed E-state index contributed by atoms with van der Waals surface area (Å²) in [6, 6.07) is 71.6. The quantitative estimate of drug-likeness (QED) is 0.184. The minimum atomic E-state index is 1.07. The number of hydrogen-bond donors (Lipinski definition) is 1. The van der Waals surface area contributed by atoms with E-state index in [-0.39, 0.29) is 0 Å². The van der Waals surface area contributed by atoms with E-state index in [9.17, 15) is 0 Å². The van der Waals surface area contributed by atoms with Gasteiger partial charge in [-0.05, 0) is 70.3 Å². The number of anilines is 2. The van der Waals surface area contributed by atoms with Gasteiger partial charge in [-0.2, -0.15) is 0 Å². The maximum absolute atomic E-state index is 3.81. The van der Waals surface area contributed by atoms with Crippen LogP contribution in [0.25, 0.3) is 72.0 Å². The van der Waals surface area contributed by atoms with Crippen molar-refractivity contribution in [3.63, 3.8) is 0 Å². The molecule has 0 bridgehead atoms. The van der Waals surface area contributed by atoms with Gasteiger partial charge in [0.05, 0.1) is 16.7 Å². The van der Waals surface area contributed by atoms with E-state index >= 15 is 0 Å². The van der Waals surface area contributed by atoms with E-state index < -0.39 is 0 Å². The maximum Gasteiger partial charge on any atom is 0.0541 e. The molecule has 0 amide bonds. The monoisotopic (exact) mass is 638 g/mol. The Morgan fingerprint density at radius 3 is 1.54 bits per heavy atom. The highest BCUT2D eigenvalue weighted by molar-refractivity contribution is 6.11. The van der Waals surface area contributed by atoms with E-state index in [1.807, 2.05) is 0 Å². The summed E-state index contributed by atoms with van der Waals surface area (Å²) in [4.78, 5) is 0. The Morgan fingerprint density at radius 1 is 0.300 bits per heavy atom. The highest BCUT2D eigenvalue weighted by Gasteiger charge is 2.17. The summed E-state index contributed by atoms with van der Waals surface area (Å²) in [6.07, 6.45) is 0. The third-order valence-electron chi connectivity index (χ3n) is 9.62. The standard InChI is InChI=1S/C48H34N2/c1-4-16-34(17-5-1)39-22-10-13-25-44(39)49-45-30-28-37(32-42(45)36-20-8-3-9-21-36)38-29-31-48-43(33-38)41-24-12-15-27-47(41)50(48)46-26-14-11-23-40(46)35-18-6-2-7-19-35/h1-33,49H. The molecule has 9 rings (SSSR count). The topological polar surface area (TPSA) is 17.0 Å². The Kier molecular flexibility index (Phi) is 7.53. The summed E-state index contributed by atoms with van der Waals surface area (Å²) in [6.45, 7) is 0. The average molecular weight is 639 g/mol. The van der Waals surface area contributed by atoms with Gasteiger partial charge in [0, 0.05) is 38.8 Å². The predicted molar refractivity (Wildman–Crippen MR) is 212 cm³/mol. The molecule has 0 atom stereocenters. The largest absolute Gasteiger partial charge is 0.355 e. The van der Waals surface area contributed by atoms with Gasteiger partial charge < -0.3 is 9.88 Å². The number of nitrogens with zero attached hydrogens (tertiary/aromatic N) is 1. The molecule has 0 fully saturated rings. The van der Waals surface area contributed by atoms with Gasteiger partial charge in [-0.25, -0.2) is 0 Å².